The number of nitrogens with two attached hydrogens (primary N) is 1. The van der Waals surface area contributed by atoms with Crippen LogP contribution in [0.3, 0.4) is 0 Å². The van der Waals surface area contributed by atoms with Crippen molar-refractivity contribution in [2.75, 3.05) is 86.7 Å². The van der Waals surface area contributed by atoms with Crippen LogP contribution >= 0.6 is 0 Å². The highest BCUT2D eigenvalue weighted by atomic mass is 16.5. The minimum absolute atomic E-state index is 0.478. The van der Waals surface area contributed by atoms with Gasteiger partial charge in [0.15, 0.2) is 0 Å². The molecule has 0 aliphatic carbocycles. The fourth-order valence-corrected chi connectivity index (χ4v) is 3.49. The fraction of sp³-hybridized carbons (Fsp3) is 0.864. The van der Waals surface area contributed by atoms with Crippen LogP contribution in [-0.2, 0) is 4.74 Å². The van der Waals surface area contributed by atoms with Crippen LogP contribution in [0.5, 0.6) is 0 Å². The third-order valence-electron chi connectivity index (χ3n) is 5.95. The van der Waals surface area contributed by atoms with Crippen molar-refractivity contribution >= 4 is 0 Å². The van der Waals surface area contributed by atoms with E-state index in [9.17, 15) is 0 Å². The third-order valence-corrected chi connectivity index (χ3v) is 5.95. The lowest BCUT2D eigenvalue weighted by Crippen LogP contribution is -2.45. The molecule has 0 amide bonds. The molecule has 0 unspecified atom stereocenters. The number of allylic oxidation sites excluding steroid dienone is 1. The number of piperidine rings is 2. The zero-order valence-electron chi connectivity index (χ0n) is 19.0. The van der Waals surface area contributed by atoms with Gasteiger partial charge in [0.05, 0.1) is 0 Å². The third kappa shape index (κ3) is 12.1. The molecule has 0 radical (unpaired) electrons. The maximum absolute atomic E-state index is 5.67. The van der Waals surface area contributed by atoms with Gasteiger partial charge in [0, 0.05) is 58.5 Å². The molecule has 0 aromatic carbocycles. The highest BCUT2D eigenvalue weighted by molar-refractivity contribution is 5.03. The predicted molar refractivity (Wildman–Crippen MR) is 120 cm³/mol. The summed E-state index contributed by atoms with van der Waals surface area (Å²) in [5.74, 6) is 0. The zero-order valence-corrected chi connectivity index (χ0v) is 19.0. The quantitative estimate of drug-likeness (QED) is 0.579. The first kappa shape index (κ1) is 25.5. The van der Waals surface area contributed by atoms with Crippen molar-refractivity contribution < 1.29 is 4.74 Å². The van der Waals surface area contributed by atoms with E-state index >= 15 is 0 Å². The molecule has 28 heavy (non-hydrogen) atoms. The Kier molecular flexibility index (Phi) is 14.0. The Labute approximate surface area is 174 Å². The minimum atomic E-state index is 0.478. The van der Waals surface area contributed by atoms with Crippen LogP contribution in [0.1, 0.15) is 32.6 Å². The number of hydrogen-bond acceptors (Lipinski definition) is 6. The first-order valence-corrected chi connectivity index (χ1v) is 11.0. The second-order valence-electron chi connectivity index (χ2n) is 8.44. The Morgan fingerprint density at radius 1 is 0.893 bits per heavy atom. The van der Waals surface area contributed by atoms with Gasteiger partial charge in [-0.3, -0.25) is 4.90 Å². The van der Waals surface area contributed by atoms with E-state index in [-0.39, 0.29) is 0 Å². The van der Waals surface area contributed by atoms with Crippen LogP contribution in [0.25, 0.3) is 0 Å². The number of nitrogens with zero attached hydrogens (tertiary/aromatic N) is 4. The Balaban J connectivity index is 0.000000213. The molecule has 0 bridgehead atoms. The van der Waals surface area contributed by atoms with Gasteiger partial charge in [-0.15, -0.1) is 0 Å². The standard InChI is InChI=1S/C8H17N2O.C8H15N.C6H14N2/c1-9-3-5-10(6-4-9)7-8-11-2;1-3-8-4-6-9(2)7-5-8;1-8-4-2-6(7)3-5-8/h2-8H2,1H3;3H,4-7H2,1-2H3;6H,2-5,7H2,1H3/q-1;;. The van der Waals surface area contributed by atoms with Crippen LogP contribution in [-0.4, -0.2) is 112 Å². The van der Waals surface area contributed by atoms with Gasteiger partial charge >= 0.3 is 0 Å². The number of ether oxygens (including phenoxy) is 1. The predicted octanol–water partition coefficient (Wildman–Crippen LogP) is 1.74. The molecule has 0 aromatic heterocycles. The van der Waals surface area contributed by atoms with Gasteiger partial charge in [0.2, 0.25) is 0 Å². The Morgan fingerprint density at radius 2 is 1.39 bits per heavy atom. The van der Waals surface area contributed by atoms with E-state index in [2.05, 4.69) is 60.9 Å². The van der Waals surface area contributed by atoms with Gasteiger partial charge in [-0.1, -0.05) is 11.6 Å². The van der Waals surface area contributed by atoms with Crippen LogP contribution in [0.4, 0.5) is 0 Å². The maximum atomic E-state index is 5.67. The van der Waals surface area contributed by atoms with Crippen molar-refractivity contribution in [2.24, 2.45) is 5.73 Å². The molecule has 0 saturated carbocycles. The van der Waals surface area contributed by atoms with E-state index < -0.39 is 0 Å². The fourth-order valence-electron chi connectivity index (χ4n) is 3.49. The maximum Gasteiger partial charge on any atom is 0.0241 e. The normalized spacial score (nSPS) is 23.4. The molecule has 3 heterocycles. The summed E-state index contributed by atoms with van der Waals surface area (Å²) in [5.41, 5.74) is 7.30. The van der Waals surface area contributed by atoms with E-state index in [0.29, 0.717) is 6.04 Å². The summed E-state index contributed by atoms with van der Waals surface area (Å²) in [6.07, 6.45) is 7.18. The van der Waals surface area contributed by atoms with Crippen molar-refractivity contribution in [1.82, 2.24) is 19.6 Å². The number of likely N-dealkylation sites (tertiary alicyclic amines) is 2. The van der Waals surface area contributed by atoms with E-state index in [4.69, 9.17) is 10.5 Å². The molecule has 0 aromatic rings. The number of likely N-dealkylation sites (N-methyl/N-ethyl adjacent to an activating group) is 1. The van der Waals surface area contributed by atoms with Gasteiger partial charge in [0.25, 0.3) is 0 Å². The molecule has 3 aliphatic heterocycles. The molecular weight excluding hydrogens is 350 g/mol. The highest BCUT2D eigenvalue weighted by Gasteiger charge is 2.12. The van der Waals surface area contributed by atoms with Crippen LogP contribution in [0.2, 0.25) is 0 Å². The molecule has 6 heteroatoms. The topological polar surface area (TPSA) is 48.2 Å². The van der Waals surface area contributed by atoms with Crippen LogP contribution < -0.4 is 5.73 Å². The summed E-state index contributed by atoms with van der Waals surface area (Å²) >= 11 is 0. The Hall–Kier alpha value is -0.500. The second kappa shape index (κ2) is 15.4. The first-order chi connectivity index (χ1) is 13.4. The molecule has 3 aliphatic rings. The summed E-state index contributed by atoms with van der Waals surface area (Å²) in [4.78, 5) is 9.46. The van der Waals surface area contributed by atoms with E-state index in [1.165, 1.54) is 78.0 Å². The van der Waals surface area contributed by atoms with Gasteiger partial charge in [-0.05, 0) is 66.8 Å². The number of rotatable bonds is 3. The molecule has 0 spiro atoms. The molecule has 3 saturated heterocycles. The minimum Gasteiger partial charge on any atom is -0.554 e. The van der Waals surface area contributed by atoms with Crippen molar-refractivity contribution in [2.45, 2.75) is 38.6 Å². The average Bonchev–Trinajstić information content (AvgIpc) is 2.71. The molecule has 2 N–H and O–H groups in total. The summed E-state index contributed by atoms with van der Waals surface area (Å²) in [6, 6.07) is 0.478. The first-order valence-electron chi connectivity index (χ1n) is 11.0. The molecule has 166 valence electrons. The summed E-state index contributed by atoms with van der Waals surface area (Å²) in [6.45, 7) is 13.5. The van der Waals surface area contributed by atoms with Gasteiger partial charge in [-0.2, -0.15) is 0 Å². The van der Waals surface area contributed by atoms with Crippen molar-refractivity contribution in [1.29, 1.82) is 0 Å². The lowest BCUT2D eigenvalue weighted by molar-refractivity contribution is 0.120. The largest absolute Gasteiger partial charge is 0.554 e. The van der Waals surface area contributed by atoms with Crippen LogP contribution in [0.15, 0.2) is 11.6 Å². The van der Waals surface area contributed by atoms with Gasteiger partial charge in [-0.25, -0.2) is 7.11 Å². The smallest absolute Gasteiger partial charge is 0.0241 e. The van der Waals surface area contributed by atoms with Gasteiger partial charge < -0.3 is 25.2 Å². The lowest BCUT2D eigenvalue weighted by Gasteiger charge is -2.32. The van der Waals surface area contributed by atoms with E-state index in [1.54, 1.807) is 5.57 Å². The summed E-state index contributed by atoms with van der Waals surface area (Å²) in [7, 11) is 9.84. The van der Waals surface area contributed by atoms with Crippen molar-refractivity contribution in [3.05, 3.63) is 18.8 Å². The Bertz CT molecular complexity index is 379. The molecule has 3 rings (SSSR count). The molecule has 3 fully saturated rings. The van der Waals surface area contributed by atoms with E-state index in [1.807, 2.05) is 0 Å². The number of hydrogen-bond donors (Lipinski definition) is 1. The SMILES string of the molecule is CC=C1CCN(C)CC1.CN1CCC(N)CC1.[CH2-]OCCN1CCN(C)CC1. The van der Waals surface area contributed by atoms with E-state index in [0.717, 1.165) is 13.2 Å². The monoisotopic (exact) mass is 396 g/mol. The number of piperazine rings is 1. The van der Waals surface area contributed by atoms with Crippen molar-refractivity contribution in [3.8, 4) is 0 Å². The van der Waals surface area contributed by atoms with Crippen molar-refractivity contribution in [3.63, 3.8) is 0 Å². The molecule has 0 atom stereocenters. The molecule has 6 nitrogen and oxygen atoms in total. The average molecular weight is 397 g/mol. The summed E-state index contributed by atoms with van der Waals surface area (Å²) < 4.78 is 4.77. The van der Waals surface area contributed by atoms with Crippen LogP contribution in [0, 0.1) is 7.11 Å². The highest BCUT2D eigenvalue weighted by Crippen LogP contribution is 2.13. The zero-order chi connectivity index (χ0) is 20.8. The summed E-state index contributed by atoms with van der Waals surface area (Å²) in [5, 5.41) is 0. The van der Waals surface area contributed by atoms with Gasteiger partial charge in [0.1, 0.15) is 0 Å². The molecular formula is C22H46N5O-. The lowest BCUT2D eigenvalue weighted by atomic mass is 10.1. The Morgan fingerprint density at radius 3 is 1.86 bits per heavy atom. The second-order valence-corrected chi connectivity index (χ2v) is 8.44.